The van der Waals surface area contributed by atoms with Crippen LogP contribution in [0.2, 0.25) is 0 Å². The zero-order valence-electron chi connectivity index (χ0n) is 13.1. The van der Waals surface area contributed by atoms with Crippen LogP contribution in [0.1, 0.15) is 36.9 Å². The van der Waals surface area contributed by atoms with Gasteiger partial charge in [0.1, 0.15) is 5.01 Å². The third-order valence-corrected chi connectivity index (χ3v) is 5.47. The summed E-state index contributed by atoms with van der Waals surface area (Å²) in [5.41, 5.74) is 3.61. The maximum absolute atomic E-state index is 9.18. The molecule has 0 radical (unpaired) electrons. The lowest BCUT2D eigenvalue weighted by molar-refractivity contribution is 0.175. The third kappa shape index (κ3) is 3.94. The number of thiazole rings is 1. The quantitative estimate of drug-likeness (QED) is 0.883. The SMILES string of the molecule is Cc1ccc(-c2nc(CNC3CCC(CO)CC3)cs2)cc1. The minimum atomic E-state index is 0.346. The average Bonchev–Trinajstić information content (AvgIpc) is 3.03. The standard InChI is InChI=1S/C18H24N2OS/c1-13-2-6-15(7-3-13)18-20-17(12-22-18)10-19-16-8-4-14(11-21)5-9-16/h2-3,6-7,12,14,16,19,21H,4-5,8-11H2,1H3. The maximum atomic E-state index is 9.18. The number of nitrogens with zero attached hydrogens (tertiary/aromatic N) is 1. The molecular weight excluding hydrogens is 292 g/mol. The van der Waals surface area contributed by atoms with Gasteiger partial charge in [-0.05, 0) is 38.5 Å². The summed E-state index contributed by atoms with van der Waals surface area (Å²) in [7, 11) is 0. The fourth-order valence-corrected chi connectivity index (χ4v) is 3.84. The Morgan fingerprint density at radius 3 is 2.59 bits per heavy atom. The molecule has 0 atom stereocenters. The number of aryl methyl sites for hydroxylation is 1. The molecule has 0 saturated heterocycles. The average molecular weight is 316 g/mol. The molecule has 1 aromatic heterocycles. The van der Waals surface area contributed by atoms with Crippen LogP contribution in [0.3, 0.4) is 0 Å². The first-order chi connectivity index (χ1) is 10.7. The summed E-state index contributed by atoms with van der Waals surface area (Å²) in [6.07, 6.45) is 4.61. The van der Waals surface area contributed by atoms with Gasteiger partial charge in [-0.25, -0.2) is 4.98 Å². The van der Waals surface area contributed by atoms with Crippen LogP contribution in [0.4, 0.5) is 0 Å². The second-order valence-corrected chi connectivity index (χ2v) is 7.15. The Morgan fingerprint density at radius 1 is 1.18 bits per heavy atom. The zero-order chi connectivity index (χ0) is 15.4. The third-order valence-electron chi connectivity index (χ3n) is 4.53. The van der Waals surface area contributed by atoms with Crippen molar-refractivity contribution in [3.63, 3.8) is 0 Å². The van der Waals surface area contributed by atoms with E-state index in [1.807, 2.05) is 0 Å². The van der Waals surface area contributed by atoms with Crippen molar-refractivity contribution >= 4 is 11.3 Å². The number of hydrogen-bond acceptors (Lipinski definition) is 4. The summed E-state index contributed by atoms with van der Waals surface area (Å²) < 4.78 is 0. The summed E-state index contributed by atoms with van der Waals surface area (Å²) in [6.45, 7) is 3.29. The fraction of sp³-hybridized carbons (Fsp3) is 0.500. The van der Waals surface area contributed by atoms with Gasteiger partial charge in [-0.1, -0.05) is 29.8 Å². The normalized spacial score (nSPS) is 21.9. The highest BCUT2D eigenvalue weighted by Gasteiger charge is 2.20. The number of benzene rings is 1. The highest BCUT2D eigenvalue weighted by Crippen LogP contribution is 2.26. The lowest BCUT2D eigenvalue weighted by Gasteiger charge is -2.27. The molecule has 1 fully saturated rings. The lowest BCUT2D eigenvalue weighted by atomic mass is 9.86. The van der Waals surface area contributed by atoms with E-state index in [9.17, 15) is 5.11 Å². The molecule has 2 N–H and O–H groups in total. The molecule has 0 unspecified atom stereocenters. The van der Waals surface area contributed by atoms with Gasteiger partial charge in [0.2, 0.25) is 0 Å². The molecule has 1 aromatic carbocycles. The van der Waals surface area contributed by atoms with Crippen molar-refractivity contribution in [3.8, 4) is 10.6 Å². The van der Waals surface area contributed by atoms with E-state index in [1.165, 1.54) is 24.0 Å². The number of aromatic nitrogens is 1. The maximum Gasteiger partial charge on any atom is 0.123 e. The number of aliphatic hydroxyl groups is 1. The summed E-state index contributed by atoms with van der Waals surface area (Å²) in [4.78, 5) is 4.74. The Labute approximate surface area is 136 Å². The molecule has 0 amide bonds. The van der Waals surface area contributed by atoms with Crippen molar-refractivity contribution < 1.29 is 5.11 Å². The van der Waals surface area contributed by atoms with Gasteiger partial charge >= 0.3 is 0 Å². The van der Waals surface area contributed by atoms with Crippen LogP contribution in [-0.4, -0.2) is 22.7 Å². The van der Waals surface area contributed by atoms with Crippen molar-refractivity contribution in [2.75, 3.05) is 6.61 Å². The van der Waals surface area contributed by atoms with E-state index in [0.717, 1.165) is 30.1 Å². The van der Waals surface area contributed by atoms with Gasteiger partial charge in [-0.2, -0.15) is 0 Å². The monoisotopic (exact) mass is 316 g/mol. The highest BCUT2D eigenvalue weighted by molar-refractivity contribution is 7.13. The van der Waals surface area contributed by atoms with Crippen LogP contribution in [0.5, 0.6) is 0 Å². The van der Waals surface area contributed by atoms with Crippen LogP contribution in [0, 0.1) is 12.8 Å². The second-order valence-electron chi connectivity index (χ2n) is 6.29. The molecule has 0 aliphatic heterocycles. The first kappa shape index (κ1) is 15.7. The predicted molar refractivity (Wildman–Crippen MR) is 92.0 cm³/mol. The van der Waals surface area contributed by atoms with Gasteiger partial charge in [0, 0.05) is 30.1 Å². The first-order valence-electron chi connectivity index (χ1n) is 8.10. The molecular formula is C18H24N2OS. The van der Waals surface area contributed by atoms with Crippen LogP contribution in [0.15, 0.2) is 29.6 Å². The van der Waals surface area contributed by atoms with Crippen LogP contribution in [-0.2, 0) is 6.54 Å². The van der Waals surface area contributed by atoms with Gasteiger partial charge in [0.25, 0.3) is 0 Å². The molecule has 1 heterocycles. The highest BCUT2D eigenvalue weighted by atomic mass is 32.1. The number of aliphatic hydroxyl groups excluding tert-OH is 1. The van der Waals surface area contributed by atoms with E-state index in [0.29, 0.717) is 18.6 Å². The molecule has 118 valence electrons. The largest absolute Gasteiger partial charge is 0.396 e. The van der Waals surface area contributed by atoms with Gasteiger partial charge in [0.05, 0.1) is 5.69 Å². The first-order valence-corrected chi connectivity index (χ1v) is 8.98. The van der Waals surface area contributed by atoms with Crippen molar-refractivity contribution in [3.05, 3.63) is 40.9 Å². The molecule has 0 bridgehead atoms. The number of rotatable bonds is 5. The molecule has 1 saturated carbocycles. The summed E-state index contributed by atoms with van der Waals surface area (Å²) in [5.74, 6) is 0.519. The van der Waals surface area contributed by atoms with E-state index in [2.05, 4.69) is 41.9 Å². The van der Waals surface area contributed by atoms with E-state index in [-0.39, 0.29) is 0 Å². The molecule has 4 heteroatoms. The molecule has 3 rings (SSSR count). The second kappa shape index (κ2) is 7.36. The summed E-state index contributed by atoms with van der Waals surface area (Å²) in [5, 5.41) is 16.1. The van der Waals surface area contributed by atoms with Crippen molar-refractivity contribution in [1.29, 1.82) is 0 Å². The van der Waals surface area contributed by atoms with Crippen LogP contribution in [0.25, 0.3) is 10.6 Å². The minimum Gasteiger partial charge on any atom is -0.396 e. The molecule has 0 spiro atoms. The lowest BCUT2D eigenvalue weighted by Crippen LogP contribution is -2.33. The predicted octanol–water partition coefficient (Wildman–Crippen LogP) is 3.76. The topological polar surface area (TPSA) is 45.2 Å². The fourth-order valence-electron chi connectivity index (χ4n) is 3.01. The minimum absolute atomic E-state index is 0.346. The number of hydrogen-bond donors (Lipinski definition) is 2. The Bertz CT molecular complexity index is 585. The van der Waals surface area contributed by atoms with E-state index >= 15 is 0 Å². The molecule has 1 aliphatic carbocycles. The van der Waals surface area contributed by atoms with E-state index in [4.69, 9.17) is 4.98 Å². The van der Waals surface area contributed by atoms with E-state index < -0.39 is 0 Å². The van der Waals surface area contributed by atoms with Crippen molar-refractivity contribution in [1.82, 2.24) is 10.3 Å². The smallest absolute Gasteiger partial charge is 0.123 e. The number of nitrogens with one attached hydrogen (secondary N) is 1. The molecule has 3 nitrogen and oxygen atoms in total. The van der Waals surface area contributed by atoms with Crippen molar-refractivity contribution in [2.45, 2.75) is 45.2 Å². The van der Waals surface area contributed by atoms with E-state index in [1.54, 1.807) is 11.3 Å². The van der Waals surface area contributed by atoms with Crippen molar-refractivity contribution in [2.24, 2.45) is 5.92 Å². The Balaban J connectivity index is 1.53. The van der Waals surface area contributed by atoms with Gasteiger partial charge in [-0.15, -0.1) is 11.3 Å². The molecule has 1 aliphatic rings. The molecule has 22 heavy (non-hydrogen) atoms. The summed E-state index contributed by atoms with van der Waals surface area (Å²) in [6, 6.07) is 9.12. The van der Waals surface area contributed by atoms with Gasteiger partial charge < -0.3 is 10.4 Å². The van der Waals surface area contributed by atoms with Gasteiger partial charge in [0.15, 0.2) is 0 Å². The van der Waals surface area contributed by atoms with Crippen LogP contribution < -0.4 is 5.32 Å². The Kier molecular flexibility index (Phi) is 5.24. The molecule has 2 aromatic rings. The van der Waals surface area contributed by atoms with Gasteiger partial charge in [-0.3, -0.25) is 0 Å². The Morgan fingerprint density at radius 2 is 1.91 bits per heavy atom. The summed E-state index contributed by atoms with van der Waals surface area (Å²) >= 11 is 1.71. The Hall–Kier alpha value is -1.23. The van der Waals surface area contributed by atoms with Crippen LogP contribution >= 0.6 is 11.3 Å². The zero-order valence-corrected chi connectivity index (χ0v) is 13.9.